The molecule has 1 fully saturated rings. The van der Waals surface area contributed by atoms with E-state index in [9.17, 15) is 9.59 Å². The summed E-state index contributed by atoms with van der Waals surface area (Å²) < 4.78 is 0. The van der Waals surface area contributed by atoms with Crippen LogP contribution in [0.5, 0.6) is 0 Å². The van der Waals surface area contributed by atoms with E-state index >= 15 is 0 Å². The van der Waals surface area contributed by atoms with Crippen molar-refractivity contribution in [2.75, 3.05) is 18.0 Å². The fraction of sp³-hybridized carbons (Fsp3) is 0.278. The van der Waals surface area contributed by atoms with Crippen LogP contribution in [0.15, 0.2) is 24.4 Å². The van der Waals surface area contributed by atoms with Crippen LogP contribution < -0.4 is 21.7 Å². The lowest BCUT2D eigenvalue weighted by Crippen LogP contribution is -2.51. The van der Waals surface area contributed by atoms with Gasteiger partial charge in [-0.25, -0.2) is 9.78 Å². The second kappa shape index (κ2) is 9.75. The number of piperidine rings is 1. The van der Waals surface area contributed by atoms with Crippen LogP contribution in [0.1, 0.15) is 33.0 Å². The number of carbonyl (C=O) groups is 2. The van der Waals surface area contributed by atoms with Crippen LogP contribution in [0.3, 0.4) is 0 Å². The van der Waals surface area contributed by atoms with Gasteiger partial charge in [0.2, 0.25) is 0 Å². The van der Waals surface area contributed by atoms with Gasteiger partial charge >= 0.3 is 6.03 Å². The van der Waals surface area contributed by atoms with Gasteiger partial charge in [0, 0.05) is 18.3 Å². The summed E-state index contributed by atoms with van der Waals surface area (Å²) >= 11 is 6.90. The van der Waals surface area contributed by atoms with Gasteiger partial charge in [-0.1, -0.05) is 23.4 Å². The highest BCUT2D eigenvalue weighted by Crippen LogP contribution is 2.32. The molecule has 0 spiro atoms. The molecule has 1 atom stereocenters. The van der Waals surface area contributed by atoms with E-state index in [0.717, 1.165) is 30.7 Å². The first-order chi connectivity index (χ1) is 13.0. The molecule has 2 aromatic heterocycles. The average molecular weight is 440 g/mol. The molecule has 28 heavy (non-hydrogen) atoms. The number of rotatable bonds is 3. The first kappa shape index (κ1) is 22.0. The zero-order chi connectivity index (χ0) is 19.4. The number of hydrogen-bond donors (Lipinski definition) is 3. The molecule has 2 aromatic rings. The Hall–Kier alpha value is -2.31. The summed E-state index contributed by atoms with van der Waals surface area (Å²) in [4.78, 5) is 30.3. The number of nitrogens with one attached hydrogen (secondary N) is 1. The Labute approximate surface area is 177 Å². The maximum absolute atomic E-state index is 12.1. The lowest BCUT2D eigenvalue weighted by Gasteiger charge is -2.33. The summed E-state index contributed by atoms with van der Waals surface area (Å²) in [6, 6.07) is 4.32. The molecule has 0 unspecified atom stereocenters. The van der Waals surface area contributed by atoms with Crippen molar-refractivity contribution in [2.24, 2.45) is 11.5 Å². The highest BCUT2D eigenvalue weighted by molar-refractivity contribution is 7.15. The largest absolute Gasteiger partial charge is 0.365 e. The second-order valence-electron chi connectivity index (χ2n) is 6.02. The fourth-order valence-corrected chi connectivity index (χ4v) is 3.90. The molecule has 3 heterocycles. The van der Waals surface area contributed by atoms with Gasteiger partial charge in [0.1, 0.15) is 10.0 Å². The van der Waals surface area contributed by atoms with Gasteiger partial charge in [0.25, 0.3) is 5.91 Å². The third kappa shape index (κ3) is 5.14. The van der Waals surface area contributed by atoms with Crippen molar-refractivity contribution >= 4 is 53.0 Å². The van der Waals surface area contributed by atoms with Crippen molar-refractivity contribution in [3.63, 3.8) is 0 Å². The molecule has 1 aliphatic rings. The Morgan fingerprint density at radius 3 is 2.68 bits per heavy atom. The molecule has 0 radical (unpaired) electrons. The highest BCUT2D eigenvalue weighted by atomic mass is 35.5. The number of hydrogen-bond acceptors (Lipinski definition) is 5. The van der Waals surface area contributed by atoms with Gasteiger partial charge in [-0.2, -0.15) is 0 Å². The van der Waals surface area contributed by atoms with E-state index in [1.807, 2.05) is 0 Å². The van der Waals surface area contributed by atoms with E-state index in [0.29, 0.717) is 27.8 Å². The fourth-order valence-electron chi connectivity index (χ4n) is 2.93. The van der Waals surface area contributed by atoms with Crippen LogP contribution in [0.25, 0.3) is 0 Å². The number of nitrogens with two attached hydrogens (primary N) is 2. The number of nitrogens with zero attached hydrogens (tertiary/aromatic N) is 2. The highest BCUT2D eigenvalue weighted by Gasteiger charge is 2.29. The molecule has 0 bridgehead atoms. The first-order valence-electron chi connectivity index (χ1n) is 8.32. The molecule has 148 valence electrons. The van der Waals surface area contributed by atoms with Crippen LogP contribution in [-0.2, 0) is 0 Å². The summed E-state index contributed by atoms with van der Waals surface area (Å²) in [7, 11) is 0. The van der Waals surface area contributed by atoms with E-state index in [2.05, 4.69) is 22.1 Å². The van der Waals surface area contributed by atoms with Gasteiger partial charge in [-0.3, -0.25) is 9.69 Å². The van der Waals surface area contributed by atoms with Gasteiger partial charge in [0.15, 0.2) is 0 Å². The molecule has 5 N–H and O–H groups in total. The summed E-state index contributed by atoms with van der Waals surface area (Å²) in [5, 5.41) is 3.62. The molecular formula is C18H19Cl2N5O2S. The maximum Gasteiger partial charge on any atom is 0.319 e. The minimum Gasteiger partial charge on any atom is -0.365 e. The Balaban J connectivity index is 0.00000280. The van der Waals surface area contributed by atoms with Crippen molar-refractivity contribution in [3.8, 4) is 11.8 Å². The molecule has 0 saturated carbocycles. The number of urea groups is 1. The van der Waals surface area contributed by atoms with Crippen LogP contribution in [0, 0.1) is 11.8 Å². The third-order valence-corrected chi connectivity index (χ3v) is 5.40. The Kier molecular flexibility index (Phi) is 7.66. The lowest BCUT2D eigenvalue weighted by atomic mass is 10.1. The predicted molar refractivity (Wildman–Crippen MR) is 113 cm³/mol. The normalized spacial score (nSPS) is 15.7. The molecule has 3 amide bonds. The number of amides is 3. The van der Waals surface area contributed by atoms with Crippen LogP contribution >= 0.6 is 35.3 Å². The lowest BCUT2D eigenvalue weighted by molar-refractivity contribution is 0.100. The smallest absolute Gasteiger partial charge is 0.319 e. The number of anilines is 1. The molecule has 7 nitrogen and oxygen atoms in total. The minimum atomic E-state index is -0.620. The van der Waals surface area contributed by atoms with Crippen molar-refractivity contribution in [3.05, 3.63) is 44.9 Å². The van der Waals surface area contributed by atoms with Crippen molar-refractivity contribution in [2.45, 2.75) is 18.9 Å². The molecule has 0 aliphatic carbocycles. The van der Waals surface area contributed by atoms with E-state index in [-0.39, 0.29) is 23.3 Å². The van der Waals surface area contributed by atoms with E-state index in [1.54, 1.807) is 24.4 Å². The summed E-state index contributed by atoms with van der Waals surface area (Å²) in [5.41, 5.74) is 12.2. The number of pyridine rings is 1. The summed E-state index contributed by atoms with van der Waals surface area (Å²) in [6.45, 7) is 1.50. The quantitative estimate of drug-likeness (QED) is 0.502. The number of aromatic nitrogens is 1. The van der Waals surface area contributed by atoms with Gasteiger partial charge in [-0.05, 0) is 37.6 Å². The monoisotopic (exact) mass is 439 g/mol. The average Bonchev–Trinajstić information content (AvgIpc) is 3.06. The van der Waals surface area contributed by atoms with E-state index < -0.39 is 11.9 Å². The van der Waals surface area contributed by atoms with Crippen LogP contribution in [0.4, 0.5) is 10.5 Å². The molecule has 3 rings (SSSR count). The van der Waals surface area contributed by atoms with Crippen molar-refractivity contribution in [1.82, 2.24) is 10.3 Å². The van der Waals surface area contributed by atoms with Crippen molar-refractivity contribution in [1.29, 1.82) is 0 Å². The topological polar surface area (TPSA) is 114 Å². The molecule has 0 aromatic carbocycles. The number of carbonyl (C=O) groups excluding carboxylic acids is 2. The van der Waals surface area contributed by atoms with Crippen LogP contribution in [0.2, 0.25) is 5.15 Å². The summed E-state index contributed by atoms with van der Waals surface area (Å²) in [5.74, 6) is 5.31. The number of thiophene rings is 1. The molecular weight excluding hydrogens is 421 g/mol. The molecule has 1 aliphatic heterocycles. The Morgan fingerprint density at radius 1 is 1.32 bits per heavy atom. The predicted octanol–water partition coefficient (Wildman–Crippen LogP) is 2.35. The molecule has 10 heteroatoms. The number of halogens is 2. The SMILES string of the molecule is Cl.NC(=O)c1sc(C#Cc2ccc(Cl)nc2)cc1N(C(N)=O)[C@H]1CCCNC1. The van der Waals surface area contributed by atoms with Crippen molar-refractivity contribution < 1.29 is 9.59 Å². The third-order valence-electron chi connectivity index (χ3n) is 4.13. The Bertz CT molecular complexity index is 914. The van der Waals surface area contributed by atoms with Gasteiger partial charge in [-0.15, -0.1) is 23.7 Å². The van der Waals surface area contributed by atoms with Gasteiger partial charge < -0.3 is 16.8 Å². The Morgan fingerprint density at radius 2 is 2.11 bits per heavy atom. The van der Waals surface area contributed by atoms with Crippen LogP contribution in [-0.4, -0.2) is 36.1 Å². The first-order valence-corrected chi connectivity index (χ1v) is 9.51. The van der Waals surface area contributed by atoms with E-state index in [4.69, 9.17) is 23.1 Å². The molecule has 1 saturated heterocycles. The number of primary amides is 2. The minimum absolute atomic E-state index is 0. The maximum atomic E-state index is 12.1. The summed E-state index contributed by atoms with van der Waals surface area (Å²) in [6.07, 6.45) is 3.27. The standard InChI is InChI=1S/C18H18ClN5O2S.ClH/c19-15-6-4-11(9-23-15)3-5-13-8-14(16(27-13)17(20)25)24(18(21)26)12-2-1-7-22-10-12;/h4,6,8-9,12,22H,1-2,7,10H2,(H2,20,25)(H2,21,26);1H/t12-;/m0./s1. The van der Waals surface area contributed by atoms with E-state index in [1.165, 1.54) is 4.90 Å². The zero-order valence-electron chi connectivity index (χ0n) is 14.8. The zero-order valence-corrected chi connectivity index (χ0v) is 17.2. The second-order valence-corrected chi connectivity index (χ2v) is 7.46. The van der Waals surface area contributed by atoms with Gasteiger partial charge in [0.05, 0.1) is 16.6 Å².